The molecular formula is C11H15F3N2O2. The zero-order valence-corrected chi connectivity index (χ0v) is 9.88. The number of hydrogen-bond acceptors (Lipinski definition) is 4. The summed E-state index contributed by atoms with van der Waals surface area (Å²) in [5.74, 6) is -1.47. The highest BCUT2D eigenvalue weighted by atomic mass is 19.3. The summed E-state index contributed by atoms with van der Waals surface area (Å²) < 4.78 is 46.4. The Hall–Kier alpha value is -1.63. The van der Waals surface area contributed by atoms with Crippen LogP contribution in [0.2, 0.25) is 0 Å². The summed E-state index contributed by atoms with van der Waals surface area (Å²) in [5.41, 5.74) is 5.99. The monoisotopic (exact) mass is 264 g/mol. The zero-order valence-electron chi connectivity index (χ0n) is 9.88. The van der Waals surface area contributed by atoms with Crippen molar-refractivity contribution < 1.29 is 22.6 Å². The molecule has 0 unspecified atom stereocenters. The van der Waals surface area contributed by atoms with Crippen molar-refractivity contribution in [3.8, 4) is 5.75 Å². The molecule has 7 heteroatoms. The number of benzene rings is 1. The SMILES string of the molecule is CCOCCNc1cc(OC(F)F)c(F)cc1N. The second-order valence-electron chi connectivity index (χ2n) is 3.37. The van der Waals surface area contributed by atoms with Crippen molar-refractivity contribution in [3.63, 3.8) is 0 Å². The summed E-state index contributed by atoms with van der Waals surface area (Å²) in [5, 5.41) is 2.85. The summed E-state index contributed by atoms with van der Waals surface area (Å²) in [6.07, 6.45) is 0. The standard InChI is InChI=1S/C11H15F3N2O2/c1-2-17-4-3-16-9-6-10(18-11(13)14)7(12)5-8(9)15/h5-6,11,16H,2-4,15H2,1H3. The predicted octanol–water partition coefficient (Wildman–Crippen LogP) is 2.46. The van der Waals surface area contributed by atoms with Crippen molar-refractivity contribution in [3.05, 3.63) is 17.9 Å². The van der Waals surface area contributed by atoms with E-state index in [9.17, 15) is 13.2 Å². The lowest BCUT2D eigenvalue weighted by atomic mass is 10.2. The maximum Gasteiger partial charge on any atom is 0.387 e. The Kier molecular flexibility index (Phi) is 5.57. The third-order valence-electron chi connectivity index (χ3n) is 2.09. The molecule has 0 heterocycles. The van der Waals surface area contributed by atoms with Gasteiger partial charge in [0.1, 0.15) is 0 Å². The second-order valence-corrected chi connectivity index (χ2v) is 3.37. The topological polar surface area (TPSA) is 56.5 Å². The minimum absolute atomic E-state index is 0.116. The van der Waals surface area contributed by atoms with Crippen molar-refractivity contribution >= 4 is 11.4 Å². The zero-order chi connectivity index (χ0) is 13.5. The molecule has 0 aromatic heterocycles. The van der Waals surface area contributed by atoms with Gasteiger partial charge >= 0.3 is 6.61 Å². The Morgan fingerprint density at radius 3 is 2.72 bits per heavy atom. The molecule has 0 spiro atoms. The van der Waals surface area contributed by atoms with Crippen molar-refractivity contribution in [1.29, 1.82) is 0 Å². The number of ether oxygens (including phenoxy) is 2. The van der Waals surface area contributed by atoms with Gasteiger partial charge in [0, 0.05) is 25.3 Å². The largest absolute Gasteiger partial charge is 0.432 e. The van der Waals surface area contributed by atoms with E-state index in [1.807, 2.05) is 6.92 Å². The van der Waals surface area contributed by atoms with Crippen LogP contribution in [0.3, 0.4) is 0 Å². The average Bonchev–Trinajstić information content (AvgIpc) is 2.29. The van der Waals surface area contributed by atoms with Crippen molar-refractivity contribution in [2.75, 3.05) is 30.8 Å². The highest BCUT2D eigenvalue weighted by Gasteiger charge is 2.13. The molecule has 0 aliphatic rings. The number of nitrogens with two attached hydrogens (primary N) is 1. The van der Waals surface area contributed by atoms with Crippen molar-refractivity contribution in [1.82, 2.24) is 0 Å². The molecule has 0 amide bonds. The lowest BCUT2D eigenvalue weighted by Crippen LogP contribution is -2.11. The van der Waals surface area contributed by atoms with E-state index in [1.165, 1.54) is 0 Å². The van der Waals surface area contributed by atoms with Gasteiger partial charge in [0.2, 0.25) is 0 Å². The summed E-state index contributed by atoms with van der Waals surface area (Å²) in [6, 6.07) is 2.03. The highest BCUT2D eigenvalue weighted by Crippen LogP contribution is 2.29. The molecule has 0 atom stereocenters. The fraction of sp³-hybridized carbons (Fsp3) is 0.455. The maximum atomic E-state index is 13.2. The van der Waals surface area contributed by atoms with Gasteiger partial charge in [0.15, 0.2) is 11.6 Å². The first-order valence-electron chi connectivity index (χ1n) is 5.40. The third kappa shape index (κ3) is 4.33. The van der Waals surface area contributed by atoms with Gasteiger partial charge < -0.3 is 20.5 Å². The quantitative estimate of drug-likeness (QED) is 0.586. The van der Waals surface area contributed by atoms with E-state index in [1.54, 1.807) is 0 Å². The summed E-state index contributed by atoms with van der Waals surface area (Å²) in [6.45, 7) is 0.191. The average molecular weight is 264 g/mol. The molecule has 0 saturated heterocycles. The minimum atomic E-state index is -3.08. The van der Waals surface area contributed by atoms with E-state index in [4.69, 9.17) is 10.5 Å². The molecule has 0 bridgehead atoms. The van der Waals surface area contributed by atoms with Gasteiger partial charge in [0.25, 0.3) is 0 Å². The number of nitrogen functional groups attached to an aromatic ring is 1. The highest BCUT2D eigenvalue weighted by molar-refractivity contribution is 5.68. The Balaban J connectivity index is 2.71. The number of anilines is 2. The van der Waals surface area contributed by atoms with Gasteiger partial charge in [-0.3, -0.25) is 0 Å². The van der Waals surface area contributed by atoms with Crippen LogP contribution in [0.15, 0.2) is 12.1 Å². The van der Waals surface area contributed by atoms with Crippen LogP contribution in [0.4, 0.5) is 24.5 Å². The number of halogens is 3. The molecule has 3 N–H and O–H groups in total. The smallest absolute Gasteiger partial charge is 0.387 e. The minimum Gasteiger partial charge on any atom is -0.432 e. The second kappa shape index (κ2) is 6.95. The van der Waals surface area contributed by atoms with Gasteiger partial charge in [-0.2, -0.15) is 8.78 Å². The molecular weight excluding hydrogens is 249 g/mol. The fourth-order valence-electron chi connectivity index (χ4n) is 1.31. The van der Waals surface area contributed by atoms with E-state index in [0.29, 0.717) is 25.4 Å². The van der Waals surface area contributed by atoms with Crippen LogP contribution < -0.4 is 15.8 Å². The molecule has 0 saturated carbocycles. The molecule has 0 fully saturated rings. The summed E-state index contributed by atoms with van der Waals surface area (Å²) in [7, 11) is 0. The summed E-state index contributed by atoms with van der Waals surface area (Å²) in [4.78, 5) is 0. The van der Waals surface area contributed by atoms with Crippen LogP contribution >= 0.6 is 0 Å². The van der Waals surface area contributed by atoms with Crippen molar-refractivity contribution in [2.24, 2.45) is 0 Å². The van der Waals surface area contributed by atoms with Crippen LogP contribution in [0.5, 0.6) is 5.75 Å². The van der Waals surface area contributed by atoms with Gasteiger partial charge in [-0.15, -0.1) is 0 Å². The van der Waals surface area contributed by atoms with E-state index in [-0.39, 0.29) is 5.69 Å². The summed E-state index contributed by atoms with van der Waals surface area (Å²) >= 11 is 0. The van der Waals surface area contributed by atoms with Gasteiger partial charge in [0.05, 0.1) is 18.0 Å². The predicted molar refractivity (Wildman–Crippen MR) is 62.4 cm³/mol. The van der Waals surface area contributed by atoms with Crippen LogP contribution in [0.1, 0.15) is 6.92 Å². The van der Waals surface area contributed by atoms with E-state index >= 15 is 0 Å². The lowest BCUT2D eigenvalue weighted by Gasteiger charge is -2.12. The first kappa shape index (κ1) is 14.4. The first-order valence-corrected chi connectivity index (χ1v) is 5.40. The molecule has 1 aromatic carbocycles. The Morgan fingerprint density at radius 1 is 1.39 bits per heavy atom. The molecule has 0 aliphatic heterocycles. The third-order valence-corrected chi connectivity index (χ3v) is 2.09. The Bertz CT molecular complexity index is 389. The molecule has 1 rings (SSSR count). The van der Waals surface area contributed by atoms with E-state index < -0.39 is 18.2 Å². The molecule has 0 radical (unpaired) electrons. The van der Waals surface area contributed by atoms with Crippen molar-refractivity contribution in [2.45, 2.75) is 13.5 Å². The van der Waals surface area contributed by atoms with Crippen LogP contribution in [-0.4, -0.2) is 26.4 Å². The van der Waals surface area contributed by atoms with E-state index in [0.717, 1.165) is 12.1 Å². The molecule has 18 heavy (non-hydrogen) atoms. The molecule has 4 nitrogen and oxygen atoms in total. The normalized spacial score (nSPS) is 10.7. The fourth-order valence-corrected chi connectivity index (χ4v) is 1.31. The van der Waals surface area contributed by atoms with Gasteiger partial charge in [-0.25, -0.2) is 4.39 Å². The lowest BCUT2D eigenvalue weighted by molar-refractivity contribution is -0.0521. The molecule has 102 valence electrons. The number of alkyl halides is 2. The number of hydrogen-bond donors (Lipinski definition) is 2. The maximum absolute atomic E-state index is 13.2. The van der Waals surface area contributed by atoms with Crippen LogP contribution in [0.25, 0.3) is 0 Å². The Morgan fingerprint density at radius 2 is 2.11 bits per heavy atom. The number of rotatable bonds is 7. The number of nitrogens with one attached hydrogen (secondary N) is 1. The van der Waals surface area contributed by atoms with Crippen LogP contribution in [-0.2, 0) is 4.74 Å². The first-order chi connectivity index (χ1) is 8.54. The Labute approximate surface area is 103 Å². The van der Waals surface area contributed by atoms with Crippen LogP contribution in [0, 0.1) is 5.82 Å². The molecule has 1 aromatic rings. The van der Waals surface area contributed by atoms with Gasteiger partial charge in [-0.05, 0) is 6.92 Å². The van der Waals surface area contributed by atoms with Gasteiger partial charge in [-0.1, -0.05) is 0 Å². The molecule has 0 aliphatic carbocycles. The van der Waals surface area contributed by atoms with E-state index in [2.05, 4.69) is 10.1 Å².